The van der Waals surface area contributed by atoms with Gasteiger partial charge in [-0.1, -0.05) is 6.92 Å². The van der Waals surface area contributed by atoms with Gasteiger partial charge < -0.3 is 29.2 Å². The van der Waals surface area contributed by atoms with Crippen LogP contribution in [0.15, 0.2) is 23.0 Å². The van der Waals surface area contributed by atoms with Crippen molar-refractivity contribution in [3.63, 3.8) is 0 Å². The van der Waals surface area contributed by atoms with Crippen molar-refractivity contribution in [3.05, 3.63) is 24.2 Å². The summed E-state index contributed by atoms with van der Waals surface area (Å²) >= 11 is 0. The first-order valence-corrected chi connectivity index (χ1v) is 9.75. The molecule has 0 radical (unpaired) electrons. The maximum Gasteiger partial charge on any atom is 0.313 e. The van der Waals surface area contributed by atoms with E-state index in [2.05, 4.69) is 0 Å². The fraction of sp³-hybridized carbons (Fsp3) is 0.750. The van der Waals surface area contributed by atoms with Crippen molar-refractivity contribution in [3.8, 4) is 0 Å². The minimum atomic E-state index is -1.24. The van der Waals surface area contributed by atoms with Crippen LogP contribution in [-0.4, -0.2) is 52.3 Å². The molecule has 5 rings (SSSR count). The molecule has 2 saturated carbocycles. The van der Waals surface area contributed by atoms with E-state index in [1.165, 1.54) is 0 Å². The second-order valence-corrected chi connectivity index (χ2v) is 8.95. The van der Waals surface area contributed by atoms with Crippen molar-refractivity contribution >= 4 is 5.97 Å². The molecule has 1 aromatic heterocycles. The molecule has 0 amide bonds. The third-order valence-electron chi connectivity index (χ3n) is 8.09. The molecule has 7 nitrogen and oxygen atoms in total. The summed E-state index contributed by atoms with van der Waals surface area (Å²) in [6.45, 7) is 1.79. The van der Waals surface area contributed by atoms with Gasteiger partial charge in [0.05, 0.1) is 54.4 Å². The topological polar surface area (TPSA) is 109 Å². The monoisotopic (exact) mass is 378 g/mol. The Hall–Kier alpha value is -1.41. The van der Waals surface area contributed by atoms with Crippen LogP contribution in [0.5, 0.6) is 0 Å². The van der Waals surface area contributed by atoms with E-state index in [0.717, 1.165) is 5.56 Å². The number of aliphatic hydroxyl groups is 3. The van der Waals surface area contributed by atoms with E-state index in [0.29, 0.717) is 25.7 Å². The van der Waals surface area contributed by atoms with Crippen LogP contribution in [0.1, 0.15) is 44.3 Å². The van der Waals surface area contributed by atoms with Crippen molar-refractivity contribution < 1.29 is 34.0 Å². The third-order valence-corrected chi connectivity index (χ3v) is 8.09. The smallest absolute Gasteiger partial charge is 0.313 e. The second kappa shape index (κ2) is 5.56. The lowest BCUT2D eigenvalue weighted by molar-refractivity contribution is -0.243. The van der Waals surface area contributed by atoms with E-state index in [1.54, 1.807) is 18.6 Å². The van der Waals surface area contributed by atoms with E-state index in [9.17, 15) is 20.1 Å². The van der Waals surface area contributed by atoms with Crippen LogP contribution in [0.4, 0.5) is 0 Å². The molecule has 1 spiro atoms. The van der Waals surface area contributed by atoms with E-state index < -0.39 is 34.6 Å². The summed E-state index contributed by atoms with van der Waals surface area (Å²) < 4.78 is 16.9. The number of esters is 1. The van der Waals surface area contributed by atoms with Crippen molar-refractivity contribution in [1.82, 2.24) is 0 Å². The van der Waals surface area contributed by atoms with Crippen LogP contribution >= 0.6 is 0 Å². The molecule has 0 aromatic carbocycles. The number of carbonyl (C=O) groups is 1. The van der Waals surface area contributed by atoms with Gasteiger partial charge in [-0.15, -0.1) is 0 Å². The molecule has 1 aromatic rings. The summed E-state index contributed by atoms with van der Waals surface area (Å²) in [7, 11) is 0. The molecule has 0 unspecified atom stereocenters. The predicted molar refractivity (Wildman–Crippen MR) is 91.3 cm³/mol. The van der Waals surface area contributed by atoms with Crippen LogP contribution in [0.3, 0.4) is 0 Å². The van der Waals surface area contributed by atoms with Gasteiger partial charge in [-0.05, 0) is 31.2 Å². The number of cyclic esters (lactones) is 1. The highest BCUT2D eigenvalue weighted by Crippen LogP contribution is 2.69. The molecule has 4 aliphatic rings. The first-order valence-electron chi connectivity index (χ1n) is 9.75. The number of rotatable bonds is 2. The summed E-state index contributed by atoms with van der Waals surface area (Å²) in [5, 5.41) is 32.9. The number of fused-ring (bicyclic) bond motifs is 1. The fourth-order valence-electron chi connectivity index (χ4n) is 6.75. The Bertz CT molecular complexity index is 748. The number of carbonyl (C=O) groups excluding carboxylic acids is 1. The van der Waals surface area contributed by atoms with Crippen LogP contribution in [0.2, 0.25) is 0 Å². The number of hydrogen-bond donors (Lipinski definition) is 3. The highest BCUT2D eigenvalue weighted by Gasteiger charge is 2.77. The molecule has 0 bridgehead atoms. The lowest BCUT2D eigenvalue weighted by Crippen LogP contribution is -2.71. The lowest BCUT2D eigenvalue weighted by Gasteiger charge is -2.62. The van der Waals surface area contributed by atoms with Gasteiger partial charge in [-0.2, -0.15) is 0 Å². The van der Waals surface area contributed by atoms with Gasteiger partial charge in [-0.3, -0.25) is 4.79 Å². The number of aliphatic hydroxyl groups excluding tert-OH is 2. The summed E-state index contributed by atoms with van der Waals surface area (Å²) in [5.41, 5.74) is -2.47. The Labute approximate surface area is 157 Å². The average Bonchev–Trinajstić information content (AvgIpc) is 3.34. The summed E-state index contributed by atoms with van der Waals surface area (Å²) in [6, 6.07) is 1.78. The maximum absolute atomic E-state index is 13.3. The second-order valence-electron chi connectivity index (χ2n) is 8.95. The molecule has 4 fully saturated rings. The van der Waals surface area contributed by atoms with E-state index >= 15 is 0 Å². The van der Waals surface area contributed by atoms with E-state index in [1.807, 2.05) is 6.92 Å². The fourth-order valence-corrected chi connectivity index (χ4v) is 6.75. The van der Waals surface area contributed by atoms with Gasteiger partial charge in [-0.25, -0.2) is 0 Å². The molecule has 27 heavy (non-hydrogen) atoms. The maximum atomic E-state index is 13.3. The van der Waals surface area contributed by atoms with Gasteiger partial charge in [0.2, 0.25) is 0 Å². The largest absolute Gasteiger partial charge is 0.472 e. The average molecular weight is 378 g/mol. The normalized spacial score (nSPS) is 51.4. The molecule has 3 heterocycles. The lowest BCUT2D eigenvalue weighted by atomic mass is 9.42. The Morgan fingerprint density at radius 2 is 2.19 bits per heavy atom. The predicted octanol–water partition coefficient (Wildman–Crippen LogP) is 1.17. The molecular weight excluding hydrogens is 352 g/mol. The minimum absolute atomic E-state index is 0.105. The standard InChI is InChI=1S/C20H26O7/c1-11-6-15-20(9-21)16(13(22)2-4-18(20,24)10-26-15)19(11)7-14(27-17(19)23)12-3-5-25-8-12/h3,5,8,11,13-16,21-22,24H,2,4,6-7,9-10H2,1H3/t11-,13+,14+,15-,16+,18-,19-,20-/m0/s1. The zero-order valence-electron chi connectivity index (χ0n) is 15.3. The highest BCUT2D eigenvalue weighted by atomic mass is 16.6. The number of furan rings is 1. The van der Waals surface area contributed by atoms with Gasteiger partial charge in [0.1, 0.15) is 6.10 Å². The summed E-state index contributed by atoms with van der Waals surface area (Å²) in [6.07, 6.45) is 3.15. The van der Waals surface area contributed by atoms with Crippen molar-refractivity contribution in [2.75, 3.05) is 13.2 Å². The van der Waals surface area contributed by atoms with Crippen molar-refractivity contribution in [2.24, 2.45) is 22.7 Å². The first-order chi connectivity index (χ1) is 12.9. The SMILES string of the molecule is C[C@H]1C[C@@H]2OC[C@@]3(O)CC[C@@H](O)[C@H]([C@]14C[C@H](c1ccoc1)OC4=O)[C@]23CO. The van der Waals surface area contributed by atoms with Crippen LogP contribution in [-0.2, 0) is 14.3 Å². The molecule has 148 valence electrons. The van der Waals surface area contributed by atoms with Gasteiger partial charge in [0.25, 0.3) is 0 Å². The van der Waals surface area contributed by atoms with Crippen LogP contribution in [0, 0.1) is 22.7 Å². The van der Waals surface area contributed by atoms with Crippen LogP contribution < -0.4 is 0 Å². The molecule has 2 saturated heterocycles. The third kappa shape index (κ3) is 1.93. The van der Waals surface area contributed by atoms with Gasteiger partial charge in [0.15, 0.2) is 0 Å². The Morgan fingerprint density at radius 1 is 1.37 bits per heavy atom. The first kappa shape index (κ1) is 17.7. The molecule has 3 N–H and O–H groups in total. The highest BCUT2D eigenvalue weighted by molar-refractivity contribution is 5.81. The van der Waals surface area contributed by atoms with Crippen molar-refractivity contribution in [1.29, 1.82) is 0 Å². The van der Waals surface area contributed by atoms with Gasteiger partial charge >= 0.3 is 5.97 Å². The molecule has 7 heteroatoms. The zero-order valence-corrected chi connectivity index (χ0v) is 15.3. The zero-order chi connectivity index (χ0) is 19.0. The molecular formula is C20H26O7. The Balaban J connectivity index is 1.65. The minimum Gasteiger partial charge on any atom is -0.472 e. The van der Waals surface area contributed by atoms with E-state index in [4.69, 9.17) is 13.9 Å². The number of hydrogen-bond acceptors (Lipinski definition) is 7. The van der Waals surface area contributed by atoms with Crippen LogP contribution in [0.25, 0.3) is 0 Å². The van der Waals surface area contributed by atoms with E-state index in [-0.39, 0.29) is 31.2 Å². The quantitative estimate of drug-likeness (QED) is 0.663. The molecule has 2 aliphatic carbocycles. The summed E-state index contributed by atoms with van der Waals surface area (Å²) in [5.74, 6) is -1.08. The van der Waals surface area contributed by atoms with Crippen molar-refractivity contribution in [2.45, 2.75) is 56.5 Å². The Morgan fingerprint density at radius 3 is 2.89 bits per heavy atom. The molecule has 2 aliphatic heterocycles. The Kier molecular flexibility index (Phi) is 3.64. The number of ether oxygens (including phenoxy) is 2. The molecule has 8 atom stereocenters. The summed E-state index contributed by atoms with van der Waals surface area (Å²) in [4.78, 5) is 13.3. The van der Waals surface area contributed by atoms with Gasteiger partial charge in [0, 0.05) is 17.9 Å².